The minimum Gasteiger partial charge on any atom is -0.325 e. The summed E-state index contributed by atoms with van der Waals surface area (Å²) in [5.74, 6) is -1.34. The Balaban J connectivity index is 1.43. The van der Waals surface area contributed by atoms with E-state index in [-0.39, 0.29) is 22.3 Å². The van der Waals surface area contributed by atoms with Crippen molar-refractivity contribution in [2.45, 2.75) is 17.1 Å². The van der Waals surface area contributed by atoms with Gasteiger partial charge >= 0.3 is 0 Å². The molecule has 3 N–H and O–H groups in total. The molecule has 0 aliphatic rings. The summed E-state index contributed by atoms with van der Waals surface area (Å²) in [6.07, 6.45) is 1.44. The van der Waals surface area contributed by atoms with E-state index in [0.717, 1.165) is 4.90 Å². The third-order valence-electron chi connectivity index (χ3n) is 5.95. The van der Waals surface area contributed by atoms with E-state index in [9.17, 15) is 24.5 Å². The molecule has 0 radical (unpaired) electrons. The number of anilines is 2. The molecule has 4 aromatic rings. The molecule has 0 aromatic heterocycles. The van der Waals surface area contributed by atoms with Crippen LogP contribution in [0.2, 0.25) is 10.0 Å². The van der Waals surface area contributed by atoms with Crippen molar-refractivity contribution in [2.75, 3.05) is 10.6 Å². The highest BCUT2D eigenvalue weighted by atomic mass is 35.5. The molecular weight excluding hydrogens is 611 g/mol. The van der Waals surface area contributed by atoms with E-state index >= 15 is 0 Å². The van der Waals surface area contributed by atoms with Crippen LogP contribution in [0.5, 0.6) is 0 Å². The molecule has 43 heavy (non-hydrogen) atoms. The van der Waals surface area contributed by atoms with E-state index in [1.165, 1.54) is 42.1 Å². The fourth-order valence-electron chi connectivity index (χ4n) is 3.71. The van der Waals surface area contributed by atoms with Crippen molar-refractivity contribution in [1.29, 1.82) is 0 Å². The van der Waals surface area contributed by atoms with Crippen molar-refractivity contribution in [3.63, 3.8) is 0 Å². The molecule has 12 heteroatoms. The van der Waals surface area contributed by atoms with Gasteiger partial charge in [-0.25, -0.2) is 0 Å². The average Bonchev–Trinajstić information content (AvgIpc) is 3.00. The van der Waals surface area contributed by atoms with Gasteiger partial charge in [-0.2, -0.15) is 0 Å². The molecule has 218 valence electrons. The third kappa shape index (κ3) is 8.68. The van der Waals surface area contributed by atoms with Crippen molar-refractivity contribution in [1.82, 2.24) is 5.32 Å². The number of amides is 3. The van der Waals surface area contributed by atoms with Crippen molar-refractivity contribution >= 4 is 75.8 Å². The number of hydrogen-bond acceptors (Lipinski definition) is 6. The molecule has 4 aromatic carbocycles. The Morgan fingerprint density at radius 1 is 0.837 bits per heavy atom. The Kier molecular flexibility index (Phi) is 10.6. The standard InChI is InChI=1S/C31H24Cl2N4O5S/c1-19(29(38)34-22-10-14-24(15-11-22)37(41)42)43-25-16-12-23(13-17-25)35-31(40)27(18-21-8-5-9-26(32)28(21)33)36-30(39)20-6-3-2-4-7-20/h2-19H,1H3,(H,34,38)(H,35,40)(H,36,39)/b27-18-. The van der Waals surface area contributed by atoms with E-state index in [1.807, 2.05) is 0 Å². The molecule has 0 saturated heterocycles. The second-order valence-corrected chi connectivity index (χ2v) is 11.3. The number of nitrogens with zero attached hydrogens (tertiary/aromatic N) is 1. The summed E-state index contributed by atoms with van der Waals surface area (Å²) >= 11 is 13.8. The van der Waals surface area contributed by atoms with Crippen LogP contribution in [0.1, 0.15) is 22.8 Å². The summed E-state index contributed by atoms with van der Waals surface area (Å²) in [6, 6.07) is 25.8. The van der Waals surface area contributed by atoms with Crippen molar-refractivity contribution in [3.8, 4) is 0 Å². The highest BCUT2D eigenvalue weighted by molar-refractivity contribution is 8.00. The molecule has 0 spiro atoms. The highest BCUT2D eigenvalue weighted by Crippen LogP contribution is 2.28. The number of thioether (sulfide) groups is 1. The zero-order valence-electron chi connectivity index (χ0n) is 22.5. The van der Waals surface area contributed by atoms with Crippen molar-refractivity contribution in [3.05, 3.63) is 134 Å². The summed E-state index contributed by atoms with van der Waals surface area (Å²) in [5, 5.41) is 19.0. The lowest BCUT2D eigenvalue weighted by Gasteiger charge is -2.14. The maximum absolute atomic E-state index is 13.3. The van der Waals surface area contributed by atoms with E-state index < -0.39 is 22.0 Å². The van der Waals surface area contributed by atoms with Crippen LogP contribution in [0.4, 0.5) is 17.1 Å². The van der Waals surface area contributed by atoms with Gasteiger partial charge < -0.3 is 16.0 Å². The monoisotopic (exact) mass is 634 g/mol. The largest absolute Gasteiger partial charge is 0.325 e. The lowest BCUT2D eigenvalue weighted by atomic mass is 10.1. The molecule has 4 rings (SSSR count). The van der Waals surface area contributed by atoms with Crippen LogP contribution in [-0.4, -0.2) is 27.9 Å². The van der Waals surface area contributed by atoms with Gasteiger partial charge in [-0.3, -0.25) is 24.5 Å². The van der Waals surface area contributed by atoms with Crippen LogP contribution < -0.4 is 16.0 Å². The SMILES string of the molecule is CC(Sc1ccc(NC(=O)/C(=C/c2cccc(Cl)c2Cl)NC(=O)c2ccccc2)cc1)C(=O)Nc1ccc([N+](=O)[O-])cc1. The molecule has 0 heterocycles. The molecule has 0 bridgehead atoms. The van der Waals surface area contributed by atoms with Crippen LogP contribution in [-0.2, 0) is 9.59 Å². The number of carbonyl (C=O) groups excluding carboxylic acids is 3. The van der Waals surface area contributed by atoms with Crippen LogP contribution in [0.3, 0.4) is 0 Å². The number of non-ortho nitro benzene ring substituents is 1. The minimum atomic E-state index is -0.587. The van der Waals surface area contributed by atoms with Gasteiger partial charge in [0.2, 0.25) is 5.91 Å². The molecule has 3 amide bonds. The van der Waals surface area contributed by atoms with Gasteiger partial charge in [0.25, 0.3) is 17.5 Å². The zero-order valence-corrected chi connectivity index (χ0v) is 24.9. The Bertz CT molecular complexity index is 1680. The number of nitrogens with one attached hydrogen (secondary N) is 3. The predicted molar refractivity (Wildman–Crippen MR) is 170 cm³/mol. The normalized spacial score (nSPS) is 11.7. The first-order valence-corrected chi connectivity index (χ1v) is 14.4. The molecule has 1 atom stereocenters. The van der Waals surface area contributed by atoms with Crippen LogP contribution >= 0.6 is 35.0 Å². The van der Waals surface area contributed by atoms with Crippen molar-refractivity contribution < 1.29 is 19.3 Å². The molecule has 9 nitrogen and oxygen atoms in total. The van der Waals surface area contributed by atoms with E-state index in [4.69, 9.17) is 23.2 Å². The number of halogens is 2. The minimum absolute atomic E-state index is 0.0481. The highest BCUT2D eigenvalue weighted by Gasteiger charge is 2.18. The number of benzene rings is 4. The van der Waals surface area contributed by atoms with E-state index in [0.29, 0.717) is 27.5 Å². The van der Waals surface area contributed by atoms with Gasteiger partial charge in [-0.05, 0) is 73.2 Å². The Labute approximate surface area is 261 Å². The molecule has 0 fully saturated rings. The fraction of sp³-hybridized carbons (Fsp3) is 0.0645. The first kappa shape index (κ1) is 31.3. The Morgan fingerprint density at radius 3 is 2.12 bits per heavy atom. The number of rotatable bonds is 10. The molecule has 1 unspecified atom stereocenters. The predicted octanol–water partition coefficient (Wildman–Crippen LogP) is 7.43. The van der Waals surface area contributed by atoms with Crippen molar-refractivity contribution in [2.24, 2.45) is 0 Å². The smallest absolute Gasteiger partial charge is 0.272 e. The zero-order chi connectivity index (χ0) is 30.9. The van der Waals surface area contributed by atoms with Crippen LogP contribution in [0.15, 0.2) is 108 Å². The molecule has 0 saturated carbocycles. The maximum Gasteiger partial charge on any atom is 0.272 e. The first-order chi connectivity index (χ1) is 20.6. The van der Waals surface area contributed by atoms with E-state index in [1.54, 1.807) is 79.7 Å². The number of nitro groups is 1. The quantitative estimate of drug-likeness (QED) is 0.0719. The number of carbonyl (C=O) groups is 3. The molecular formula is C31H24Cl2N4O5S. The first-order valence-electron chi connectivity index (χ1n) is 12.8. The van der Waals surface area contributed by atoms with Gasteiger partial charge in [0.05, 0.1) is 20.2 Å². The molecule has 0 aliphatic carbocycles. The van der Waals surface area contributed by atoms with Crippen LogP contribution in [0.25, 0.3) is 6.08 Å². The summed E-state index contributed by atoms with van der Waals surface area (Å²) in [5.41, 5.74) is 1.60. The topological polar surface area (TPSA) is 130 Å². The molecule has 0 aliphatic heterocycles. The summed E-state index contributed by atoms with van der Waals surface area (Å²) in [6.45, 7) is 1.73. The number of nitro benzene ring substituents is 1. The lowest BCUT2D eigenvalue weighted by Crippen LogP contribution is -2.30. The summed E-state index contributed by atoms with van der Waals surface area (Å²) < 4.78 is 0. The second-order valence-electron chi connectivity index (χ2n) is 9.05. The van der Waals surface area contributed by atoms with Gasteiger partial charge in [0.1, 0.15) is 5.70 Å². The second kappa shape index (κ2) is 14.5. The van der Waals surface area contributed by atoms with Gasteiger partial charge in [-0.1, -0.05) is 53.5 Å². The number of hydrogen-bond donors (Lipinski definition) is 3. The van der Waals surface area contributed by atoms with Gasteiger partial charge in [0, 0.05) is 34.0 Å². The summed E-state index contributed by atoms with van der Waals surface area (Å²) in [7, 11) is 0. The average molecular weight is 636 g/mol. The fourth-order valence-corrected chi connectivity index (χ4v) is 4.94. The van der Waals surface area contributed by atoms with E-state index in [2.05, 4.69) is 16.0 Å². The Hall–Kier alpha value is -4.64. The van der Waals surface area contributed by atoms with Gasteiger partial charge in [0.15, 0.2) is 0 Å². The lowest BCUT2D eigenvalue weighted by molar-refractivity contribution is -0.384. The van der Waals surface area contributed by atoms with Gasteiger partial charge in [-0.15, -0.1) is 11.8 Å². The summed E-state index contributed by atoms with van der Waals surface area (Å²) in [4.78, 5) is 49.9. The Morgan fingerprint density at radius 2 is 1.47 bits per heavy atom. The maximum atomic E-state index is 13.3. The van der Waals surface area contributed by atoms with Crippen LogP contribution in [0, 0.1) is 10.1 Å². The third-order valence-corrected chi connectivity index (χ3v) is 7.90.